The lowest BCUT2D eigenvalue weighted by Gasteiger charge is -2.14. The van der Waals surface area contributed by atoms with Crippen LogP contribution in [0.1, 0.15) is 43.0 Å². The van der Waals surface area contributed by atoms with Crippen LogP contribution in [0.25, 0.3) is 0 Å². The summed E-state index contributed by atoms with van der Waals surface area (Å²) < 4.78 is 0. The molecule has 1 unspecified atom stereocenters. The Morgan fingerprint density at radius 1 is 1.18 bits per heavy atom. The van der Waals surface area contributed by atoms with E-state index in [0.717, 1.165) is 25.0 Å². The lowest BCUT2D eigenvalue weighted by Crippen LogP contribution is -2.02. The van der Waals surface area contributed by atoms with Gasteiger partial charge < -0.3 is 0 Å². The molecule has 0 aliphatic carbocycles. The smallest absolute Gasteiger partial charge is 0.0830 e. The molecule has 0 amide bonds. The first kappa shape index (κ1) is 11.8. The van der Waals surface area contributed by atoms with Gasteiger partial charge in [-0.2, -0.15) is 15.4 Å². The van der Waals surface area contributed by atoms with Crippen LogP contribution in [-0.4, -0.2) is 15.4 Å². The molecule has 1 heterocycles. The number of H-pyrrole nitrogens is 1. The van der Waals surface area contributed by atoms with Crippen LogP contribution < -0.4 is 0 Å². The fraction of sp³-hybridized carbons (Fsp3) is 0.429. The van der Waals surface area contributed by atoms with Gasteiger partial charge in [0.05, 0.1) is 11.9 Å². The van der Waals surface area contributed by atoms with E-state index >= 15 is 0 Å². The highest BCUT2D eigenvalue weighted by atomic mass is 15.3. The van der Waals surface area contributed by atoms with Crippen LogP contribution in [0.15, 0.2) is 30.5 Å². The van der Waals surface area contributed by atoms with Gasteiger partial charge in [0.1, 0.15) is 0 Å². The van der Waals surface area contributed by atoms with Gasteiger partial charge in [-0.1, -0.05) is 38.1 Å². The molecule has 1 aromatic carbocycles. The Kier molecular flexibility index (Phi) is 3.91. The zero-order valence-electron chi connectivity index (χ0n) is 10.5. The van der Waals surface area contributed by atoms with Gasteiger partial charge >= 0.3 is 0 Å². The SMILES string of the molecule is CCc1ccc(C(CC)Cc2cn[nH]n2)cc1. The van der Waals surface area contributed by atoms with Crippen LogP contribution in [0, 0.1) is 0 Å². The fourth-order valence-electron chi connectivity index (χ4n) is 2.10. The number of aryl methyl sites for hydroxylation is 1. The van der Waals surface area contributed by atoms with E-state index in [1.54, 1.807) is 0 Å². The van der Waals surface area contributed by atoms with Crippen molar-refractivity contribution in [3.8, 4) is 0 Å². The van der Waals surface area contributed by atoms with Gasteiger partial charge in [-0.25, -0.2) is 0 Å². The minimum Gasteiger partial charge on any atom is -0.198 e. The van der Waals surface area contributed by atoms with Crippen molar-refractivity contribution in [2.75, 3.05) is 0 Å². The Hall–Kier alpha value is -1.64. The molecule has 3 nitrogen and oxygen atoms in total. The Bertz CT molecular complexity index is 431. The normalized spacial score (nSPS) is 12.6. The number of benzene rings is 1. The van der Waals surface area contributed by atoms with E-state index in [1.165, 1.54) is 11.1 Å². The average molecular weight is 229 g/mol. The van der Waals surface area contributed by atoms with Crippen molar-refractivity contribution >= 4 is 0 Å². The van der Waals surface area contributed by atoms with E-state index in [1.807, 2.05) is 6.20 Å². The van der Waals surface area contributed by atoms with E-state index in [0.29, 0.717) is 5.92 Å². The molecule has 0 radical (unpaired) electrons. The molecule has 0 spiro atoms. The first-order valence-corrected chi connectivity index (χ1v) is 6.27. The zero-order chi connectivity index (χ0) is 12.1. The summed E-state index contributed by atoms with van der Waals surface area (Å²) in [6, 6.07) is 8.93. The minimum atomic E-state index is 0.533. The van der Waals surface area contributed by atoms with Crippen molar-refractivity contribution in [1.29, 1.82) is 0 Å². The Labute approximate surface area is 102 Å². The Balaban J connectivity index is 2.11. The standard InChI is InChI=1S/C14H19N3/c1-3-11-5-7-13(8-6-11)12(4-2)9-14-10-15-17-16-14/h5-8,10,12H,3-4,9H2,1-2H3,(H,15,16,17). The molecule has 17 heavy (non-hydrogen) atoms. The summed E-state index contributed by atoms with van der Waals surface area (Å²) in [5.74, 6) is 0.533. The van der Waals surface area contributed by atoms with Crippen LogP contribution in [0.5, 0.6) is 0 Å². The van der Waals surface area contributed by atoms with Gasteiger partial charge in [-0.15, -0.1) is 0 Å². The van der Waals surface area contributed by atoms with Crippen molar-refractivity contribution < 1.29 is 0 Å². The molecule has 3 heteroatoms. The van der Waals surface area contributed by atoms with Gasteiger partial charge in [0.2, 0.25) is 0 Å². The molecule has 2 aromatic rings. The third kappa shape index (κ3) is 2.93. The third-order valence-electron chi connectivity index (χ3n) is 3.27. The van der Waals surface area contributed by atoms with Crippen LogP contribution in [0.2, 0.25) is 0 Å². The van der Waals surface area contributed by atoms with Crippen LogP contribution in [0.4, 0.5) is 0 Å². The number of hydrogen-bond donors (Lipinski definition) is 1. The first-order valence-electron chi connectivity index (χ1n) is 6.27. The molecule has 0 aliphatic rings. The van der Waals surface area contributed by atoms with E-state index in [2.05, 4.69) is 53.5 Å². The van der Waals surface area contributed by atoms with Crippen molar-refractivity contribution in [3.05, 3.63) is 47.3 Å². The summed E-state index contributed by atoms with van der Waals surface area (Å²) in [6.45, 7) is 4.40. The van der Waals surface area contributed by atoms with Gasteiger partial charge in [0.25, 0.3) is 0 Å². The van der Waals surface area contributed by atoms with Crippen LogP contribution >= 0.6 is 0 Å². The lowest BCUT2D eigenvalue weighted by atomic mass is 9.91. The molecule has 0 saturated carbocycles. The van der Waals surface area contributed by atoms with Gasteiger partial charge in [0.15, 0.2) is 0 Å². The molecule has 0 bridgehead atoms. The summed E-state index contributed by atoms with van der Waals surface area (Å²) in [7, 11) is 0. The Morgan fingerprint density at radius 3 is 2.47 bits per heavy atom. The van der Waals surface area contributed by atoms with E-state index in [4.69, 9.17) is 0 Å². The molecule has 1 atom stereocenters. The monoisotopic (exact) mass is 229 g/mol. The van der Waals surface area contributed by atoms with Gasteiger partial charge in [-0.3, -0.25) is 0 Å². The quantitative estimate of drug-likeness (QED) is 0.856. The second-order valence-electron chi connectivity index (χ2n) is 4.37. The van der Waals surface area contributed by atoms with E-state index in [-0.39, 0.29) is 0 Å². The van der Waals surface area contributed by atoms with Crippen molar-refractivity contribution in [2.45, 2.75) is 39.0 Å². The number of rotatable bonds is 5. The number of nitrogens with one attached hydrogen (secondary N) is 1. The predicted octanol–water partition coefficient (Wildman–Crippen LogP) is 3.10. The second kappa shape index (κ2) is 5.62. The number of aromatic nitrogens is 3. The summed E-state index contributed by atoms with van der Waals surface area (Å²) in [4.78, 5) is 0. The minimum absolute atomic E-state index is 0.533. The number of nitrogens with zero attached hydrogens (tertiary/aromatic N) is 2. The topological polar surface area (TPSA) is 41.6 Å². The molecule has 0 aliphatic heterocycles. The molecular weight excluding hydrogens is 210 g/mol. The van der Waals surface area contributed by atoms with E-state index < -0.39 is 0 Å². The highest BCUT2D eigenvalue weighted by Crippen LogP contribution is 2.23. The lowest BCUT2D eigenvalue weighted by molar-refractivity contribution is 0.647. The highest BCUT2D eigenvalue weighted by molar-refractivity contribution is 5.26. The Morgan fingerprint density at radius 2 is 1.94 bits per heavy atom. The zero-order valence-corrected chi connectivity index (χ0v) is 10.5. The summed E-state index contributed by atoms with van der Waals surface area (Å²) in [6.07, 6.45) is 4.99. The molecule has 2 rings (SSSR count). The fourth-order valence-corrected chi connectivity index (χ4v) is 2.10. The second-order valence-corrected chi connectivity index (χ2v) is 4.37. The van der Waals surface area contributed by atoms with Crippen molar-refractivity contribution in [3.63, 3.8) is 0 Å². The van der Waals surface area contributed by atoms with Gasteiger partial charge in [0, 0.05) is 0 Å². The average Bonchev–Trinajstić information content (AvgIpc) is 2.89. The molecule has 1 N–H and O–H groups in total. The molecular formula is C14H19N3. The maximum Gasteiger partial charge on any atom is 0.0830 e. The molecule has 0 saturated heterocycles. The summed E-state index contributed by atoms with van der Waals surface area (Å²) >= 11 is 0. The molecule has 0 fully saturated rings. The third-order valence-corrected chi connectivity index (χ3v) is 3.27. The largest absolute Gasteiger partial charge is 0.198 e. The van der Waals surface area contributed by atoms with Crippen LogP contribution in [0.3, 0.4) is 0 Å². The highest BCUT2D eigenvalue weighted by Gasteiger charge is 2.11. The maximum atomic E-state index is 4.13. The maximum absolute atomic E-state index is 4.13. The first-order chi connectivity index (χ1) is 8.33. The van der Waals surface area contributed by atoms with Crippen molar-refractivity contribution in [2.24, 2.45) is 0 Å². The van der Waals surface area contributed by atoms with Crippen molar-refractivity contribution in [1.82, 2.24) is 15.4 Å². The number of aromatic amines is 1. The van der Waals surface area contributed by atoms with Gasteiger partial charge in [-0.05, 0) is 36.3 Å². The summed E-state index contributed by atoms with van der Waals surface area (Å²) in [5.41, 5.74) is 3.83. The predicted molar refractivity (Wildman–Crippen MR) is 68.9 cm³/mol. The molecule has 90 valence electrons. The summed E-state index contributed by atoms with van der Waals surface area (Å²) in [5, 5.41) is 10.7. The molecule has 1 aromatic heterocycles. The number of hydrogen-bond acceptors (Lipinski definition) is 2. The van der Waals surface area contributed by atoms with Crippen LogP contribution in [-0.2, 0) is 12.8 Å². The van der Waals surface area contributed by atoms with E-state index in [9.17, 15) is 0 Å².